The Morgan fingerprint density at radius 1 is 1.20 bits per heavy atom. The van der Waals surface area contributed by atoms with Gasteiger partial charge in [0, 0.05) is 25.0 Å². The molecule has 3 aromatic rings. The van der Waals surface area contributed by atoms with Crippen molar-refractivity contribution in [2.75, 3.05) is 7.11 Å². The van der Waals surface area contributed by atoms with E-state index in [1.807, 2.05) is 24.3 Å². The Morgan fingerprint density at radius 3 is 2.68 bits per heavy atom. The van der Waals surface area contributed by atoms with Gasteiger partial charge >= 0.3 is 0 Å². The smallest absolute Gasteiger partial charge is 0.267 e. The van der Waals surface area contributed by atoms with Crippen molar-refractivity contribution in [3.05, 3.63) is 70.8 Å². The molecule has 3 rings (SSSR count). The first-order chi connectivity index (χ1) is 12.2. The molecule has 8 heteroatoms. The molecule has 0 spiro atoms. The maximum absolute atomic E-state index is 12.1. The lowest BCUT2D eigenvalue weighted by atomic mass is 10.2. The van der Waals surface area contributed by atoms with Crippen molar-refractivity contribution >= 4 is 5.91 Å². The Labute approximate surface area is 143 Å². The lowest BCUT2D eigenvalue weighted by molar-refractivity contribution is -0.122. The number of nitrogens with one attached hydrogen (secondary N) is 1. The van der Waals surface area contributed by atoms with E-state index in [9.17, 15) is 9.59 Å². The number of rotatable bonds is 6. The third-order valence-corrected chi connectivity index (χ3v) is 3.53. The first kappa shape index (κ1) is 16.4. The van der Waals surface area contributed by atoms with Gasteiger partial charge < -0.3 is 10.1 Å². The molecule has 0 unspecified atom stereocenters. The van der Waals surface area contributed by atoms with E-state index < -0.39 is 0 Å². The summed E-state index contributed by atoms with van der Waals surface area (Å²) >= 11 is 0. The summed E-state index contributed by atoms with van der Waals surface area (Å²) in [5.41, 5.74) is 0.579. The Balaban J connectivity index is 1.64. The van der Waals surface area contributed by atoms with E-state index in [0.29, 0.717) is 12.4 Å². The van der Waals surface area contributed by atoms with Crippen LogP contribution in [0.5, 0.6) is 5.75 Å². The van der Waals surface area contributed by atoms with E-state index >= 15 is 0 Å². The molecule has 0 aliphatic rings. The van der Waals surface area contributed by atoms with Gasteiger partial charge in [-0.15, -0.1) is 5.10 Å². The number of hydrogen-bond acceptors (Lipinski definition) is 5. The van der Waals surface area contributed by atoms with E-state index in [1.165, 1.54) is 10.7 Å². The van der Waals surface area contributed by atoms with E-state index in [-0.39, 0.29) is 18.0 Å². The molecule has 2 aromatic heterocycles. The first-order valence-electron chi connectivity index (χ1n) is 7.63. The van der Waals surface area contributed by atoms with Crippen LogP contribution in [0, 0.1) is 0 Å². The van der Waals surface area contributed by atoms with Gasteiger partial charge in [-0.2, -0.15) is 5.10 Å². The van der Waals surface area contributed by atoms with Gasteiger partial charge in [0.25, 0.3) is 5.56 Å². The van der Waals surface area contributed by atoms with E-state index in [1.54, 1.807) is 31.6 Å². The SMILES string of the molecule is COc1ccc(CNC(=O)Cn2nc(-n3cccn3)ccc2=O)cc1. The molecule has 0 aliphatic heterocycles. The van der Waals surface area contributed by atoms with Crippen LogP contribution in [0.1, 0.15) is 5.56 Å². The van der Waals surface area contributed by atoms with Gasteiger partial charge in [-0.3, -0.25) is 9.59 Å². The summed E-state index contributed by atoms with van der Waals surface area (Å²) in [7, 11) is 1.60. The highest BCUT2D eigenvalue weighted by Gasteiger charge is 2.08. The summed E-state index contributed by atoms with van der Waals surface area (Å²) in [6, 6.07) is 12.0. The molecular formula is C17H17N5O3. The summed E-state index contributed by atoms with van der Waals surface area (Å²) in [6.07, 6.45) is 3.32. The standard InChI is InChI=1S/C17H17N5O3/c1-25-14-5-3-13(4-6-14)11-18-16(23)12-22-17(24)8-7-15(20-22)21-10-2-9-19-21/h2-10H,11-12H2,1H3,(H,18,23). The van der Waals surface area contributed by atoms with Crippen molar-refractivity contribution in [3.8, 4) is 11.6 Å². The summed E-state index contributed by atoms with van der Waals surface area (Å²) in [4.78, 5) is 24.0. The van der Waals surface area contributed by atoms with Crippen LogP contribution in [0.4, 0.5) is 0 Å². The quantitative estimate of drug-likeness (QED) is 0.716. The number of methoxy groups -OCH3 is 1. The molecule has 0 saturated heterocycles. The fourth-order valence-corrected chi connectivity index (χ4v) is 2.21. The van der Waals surface area contributed by atoms with Crippen molar-refractivity contribution in [2.45, 2.75) is 13.1 Å². The molecule has 0 radical (unpaired) electrons. The Hall–Kier alpha value is -3.42. The van der Waals surface area contributed by atoms with Crippen LogP contribution in [0.3, 0.4) is 0 Å². The second-order valence-corrected chi connectivity index (χ2v) is 5.26. The molecular weight excluding hydrogens is 322 g/mol. The molecule has 1 aromatic carbocycles. The molecule has 0 saturated carbocycles. The number of aromatic nitrogens is 4. The minimum atomic E-state index is -0.351. The van der Waals surface area contributed by atoms with Gasteiger partial charge in [-0.25, -0.2) is 9.36 Å². The largest absolute Gasteiger partial charge is 0.497 e. The highest BCUT2D eigenvalue weighted by atomic mass is 16.5. The zero-order valence-electron chi connectivity index (χ0n) is 13.6. The molecule has 2 heterocycles. The average Bonchev–Trinajstić information content (AvgIpc) is 3.17. The normalized spacial score (nSPS) is 10.4. The van der Waals surface area contributed by atoms with Crippen LogP contribution in [-0.2, 0) is 17.9 Å². The third-order valence-electron chi connectivity index (χ3n) is 3.53. The van der Waals surface area contributed by atoms with Crippen LogP contribution < -0.4 is 15.6 Å². The molecule has 1 N–H and O–H groups in total. The van der Waals surface area contributed by atoms with Gasteiger partial charge in [0.1, 0.15) is 12.3 Å². The predicted octanol–water partition coefficient (Wildman–Crippen LogP) is 0.754. The van der Waals surface area contributed by atoms with Crippen LogP contribution in [0.25, 0.3) is 5.82 Å². The maximum atomic E-state index is 12.1. The Morgan fingerprint density at radius 2 is 2.00 bits per heavy atom. The molecule has 0 atom stereocenters. The number of benzene rings is 1. The van der Waals surface area contributed by atoms with Gasteiger partial charge in [0.05, 0.1) is 7.11 Å². The minimum absolute atomic E-state index is 0.163. The number of ether oxygens (including phenoxy) is 1. The minimum Gasteiger partial charge on any atom is -0.497 e. The highest BCUT2D eigenvalue weighted by Crippen LogP contribution is 2.10. The number of hydrogen-bond donors (Lipinski definition) is 1. The Bertz CT molecular complexity index is 901. The number of amides is 1. The second kappa shape index (κ2) is 7.43. The lowest BCUT2D eigenvalue weighted by Crippen LogP contribution is -2.33. The molecule has 0 bridgehead atoms. The Kier molecular flexibility index (Phi) is 4.89. The maximum Gasteiger partial charge on any atom is 0.267 e. The summed E-state index contributed by atoms with van der Waals surface area (Å²) in [5.74, 6) is 0.914. The molecule has 128 valence electrons. The highest BCUT2D eigenvalue weighted by molar-refractivity contribution is 5.75. The molecule has 0 fully saturated rings. The van der Waals surface area contributed by atoms with Gasteiger partial charge in [-0.1, -0.05) is 12.1 Å². The fraction of sp³-hybridized carbons (Fsp3) is 0.176. The van der Waals surface area contributed by atoms with E-state index in [4.69, 9.17) is 4.74 Å². The van der Waals surface area contributed by atoms with Crippen molar-refractivity contribution in [1.29, 1.82) is 0 Å². The number of carbonyl (C=O) groups is 1. The predicted molar refractivity (Wildman–Crippen MR) is 90.5 cm³/mol. The summed E-state index contributed by atoms with van der Waals surface area (Å²) in [6.45, 7) is 0.195. The van der Waals surface area contributed by atoms with Crippen molar-refractivity contribution in [3.63, 3.8) is 0 Å². The van der Waals surface area contributed by atoms with Crippen LogP contribution in [-0.4, -0.2) is 32.6 Å². The first-order valence-corrected chi connectivity index (χ1v) is 7.63. The number of carbonyl (C=O) groups excluding carboxylic acids is 1. The summed E-state index contributed by atoms with van der Waals surface area (Å²) in [5, 5.41) is 11.0. The zero-order chi connectivity index (χ0) is 17.6. The van der Waals surface area contributed by atoms with Crippen LogP contribution in [0.15, 0.2) is 59.7 Å². The second-order valence-electron chi connectivity index (χ2n) is 5.26. The van der Waals surface area contributed by atoms with E-state index in [2.05, 4.69) is 15.5 Å². The summed E-state index contributed by atoms with van der Waals surface area (Å²) < 4.78 is 7.72. The topological polar surface area (TPSA) is 91.0 Å². The monoisotopic (exact) mass is 339 g/mol. The van der Waals surface area contributed by atoms with Gasteiger partial charge in [0.2, 0.25) is 5.91 Å². The molecule has 0 aliphatic carbocycles. The molecule has 1 amide bonds. The van der Waals surface area contributed by atoms with E-state index in [0.717, 1.165) is 16.0 Å². The number of nitrogens with zero attached hydrogens (tertiary/aromatic N) is 4. The van der Waals surface area contributed by atoms with Crippen LogP contribution in [0.2, 0.25) is 0 Å². The van der Waals surface area contributed by atoms with Gasteiger partial charge in [-0.05, 0) is 29.8 Å². The molecule has 8 nitrogen and oxygen atoms in total. The van der Waals surface area contributed by atoms with Crippen molar-refractivity contribution in [1.82, 2.24) is 24.9 Å². The van der Waals surface area contributed by atoms with Crippen molar-refractivity contribution in [2.24, 2.45) is 0 Å². The fourth-order valence-electron chi connectivity index (χ4n) is 2.21. The molecule has 25 heavy (non-hydrogen) atoms. The average molecular weight is 339 g/mol. The van der Waals surface area contributed by atoms with Crippen molar-refractivity contribution < 1.29 is 9.53 Å². The zero-order valence-corrected chi connectivity index (χ0v) is 13.6. The van der Waals surface area contributed by atoms with Gasteiger partial charge in [0.15, 0.2) is 5.82 Å². The third kappa shape index (κ3) is 4.11. The lowest BCUT2D eigenvalue weighted by Gasteiger charge is -2.08. The van der Waals surface area contributed by atoms with Crippen LogP contribution >= 0.6 is 0 Å².